The number of rotatable bonds is 9. The lowest BCUT2D eigenvalue weighted by Crippen LogP contribution is -2.40. The largest absolute Gasteiger partial charge is 0.497 e. The van der Waals surface area contributed by atoms with Crippen molar-refractivity contribution in [2.24, 2.45) is 5.92 Å². The fourth-order valence-electron chi connectivity index (χ4n) is 4.31. The summed E-state index contributed by atoms with van der Waals surface area (Å²) in [6.07, 6.45) is 1.73. The van der Waals surface area contributed by atoms with E-state index in [-0.39, 0.29) is 17.6 Å². The highest BCUT2D eigenvalue weighted by molar-refractivity contribution is 5.95. The van der Waals surface area contributed by atoms with Gasteiger partial charge in [0.1, 0.15) is 29.6 Å². The first-order valence-electron chi connectivity index (χ1n) is 11.9. The molecule has 0 saturated carbocycles. The van der Waals surface area contributed by atoms with E-state index >= 15 is 0 Å². The normalized spacial score (nSPS) is 13.8. The summed E-state index contributed by atoms with van der Waals surface area (Å²) in [6, 6.07) is 22.9. The molecule has 3 aromatic carbocycles. The van der Waals surface area contributed by atoms with Crippen LogP contribution in [0.15, 0.2) is 72.8 Å². The number of Topliss-reactive ketones (excluding diaryl/α,β-unsaturated/α-hetero) is 1. The SMILES string of the molecule is COc1cc(OC)cc(C(=O)N2CCC(C(=O)Cc3ccc(OCc4ccccc4)cc3)CC2)c1. The Balaban J connectivity index is 1.27. The molecule has 6 heteroatoms. The first-order valence-corrected chi connectivity index (χ1v) is 11.9. The van der Waals surface area contributed by atoms with E-state index in [1.807, 2.05) is 54.6 Å². The fourth-order valence-corrected chi connectivity index (χ4v) is 4.31. The lowest BCUT2D eigenvalue weighted by Gasteiger charge is -2.31. The minimum Gasteiger partial charge on any atom is -0.497 e. The first kappa shape index (κ1) is 24.3. The Kier molecular flexibility index (Phi) is 8.03. The van der Waals surface area contributed by atoms with Crippen LogP contribution in [-0.2, 0) is 17.8 Å². The average Bonchev–Trinajstić information content (AvgIpc) is 2.92. The van der Waals surface area contributed by atoms with Gasteiger partial charge in [0.15, 0.2) is 0 Å². The minimum atomic E-state index is -0.0702. The molecule has 0 atom stereocenters. The Morgan fingerprint density at radius 2 is 1.43 bits per heavy atom. The molecule has 182 valence electrons. The van der Waals surface area contributed by atoms with Crippen molar-refractivity contribution in [3.05, 3.63) is 89.5 Å². The number of ether oxygens (including phenoxy) is 3. The van der Waals surface area contributed by atoms with Gasteiger partial charge in [0, 0.05) is 37.1 Å². The van der Waals surface area contributed by atoms with Gasteiger partial charge < -0.3 is 19.1 Å². The van der Waals surface area contributed by atoms with Gasteiger partial charge in [-0.05, 0) is 48.2 Å². The van der Waals surface area contributed by atoms with Crippen molar-refractivity contribution in [3.8, 4) is 17.2 Å². The standard InChI is InChI=1S/C29H31NO5/c1-33-26-17-24(18-27(19-26)34-2)29(32)30-14-12-23(13-15-30)28(31)16-21-8-10-25(11-9-21)35-20-22-6-4-3-5-7-22/h3-11,17-19,23H,12-16,20H2,1-2H3. The van der Waals surface area contributed by atoms with E-state index in [0.717, 1.165) is 16.9 Å². The molecule has 6 nitrogen and oxygen atoms in total. The molecule has 1 saturated heterocycles. The van der Waals surface area contributed by atoms with Gasteiger partial charge in [0.25, 0.3) is 5.91 Å². The zero-order valence-corrected chi connectivity index (χ0v) is 20.2. The topological polar surface area (TPSA) is 65.1 Å². The second-order valence-electron chi connectivity index (χ2n) is 8.73. The van der Waals surface area contributed by atoms with E-state index in [4.69, 9.17) is 14.2 Å². The molecule has 0 aliphatic carbocycles. The second-order valence-corrected chi connectivity index (χ2v) is 8.73. The van der Waals surface area contributed by atoms with Gasteiger partial charge in [0.2, 0.25) is 0 Å². The Labute approximate surface area is 206 Å². The van der Waals surface area contributed by atoms with Crippen molar-refractivity contribution in [1.82, 2.24) is 4.90 Å². The molecule has 35 heavy (non-hydrogen) atoms. The summed E-state index contributed by atoms with van der Waals surface area (Å²) in [4.78, 5) is 27.7. The van der Waals surface area contributed by atoms with Crippen LogP contribution in [0.3, 0.4) is 0 Å². The number of benzene rings is 3. The number of carbonyl (C=O) groups is 2. The third-order valence-corrected chi connectivity index (χ3v) is 6.39. The molecule has 1 aliphatic heterocycles. The molecule has 0 aromatic heterocycles. The van der Waals surface area contributed by atoms with Gasteiger partial charge in [-0.2, -0.15) is 0 Å². The summed E-state index contributed by atoms with van der Waals surface area (Å²) >= 11 is 0. The van der Waals surface area contributed by atoms with E-state index in [2.05, 4.69) is 0 Å². The summed E-state index contributed by atoms with van der Waals surface area (Å²) in [7, 11) is 3.12. The molecule has 0 unspecified atom stereocenters. The Morgan fingerprint density at radius 1 is 0.800 bits per heavy atom. The van der Waals surface area contributed by atoms with Crippen molar-refractivity contribution >= 4 is 11.7 Å². The van der Waals surface area contributed by atoms with Crippen molar-refractivity contribution in [2.75, 3.05) is 27.3 Å². The van der Waals surface area contributed by atoms with Crippen LogP contribution >= 0.6 is 0 Å². The van der Waals surface area contributed by atoms with E-state index in [9.17, 15) is 9.59 Å². The van der Waals surface area contributed by atoms with Gasteiger partial charge in [-0.1, -0.05) is 42.5 Å². The molecular weight excluding hydrogens is 442 g/mol. The lowest BCUT2D eigenvalue weighted by atomic mass is 9.89. The molecular formula is C29H31NO5. The molecule has 1 heterocycles. The van der Waals surface area contributed by atoms with E-state index < -0.39 is 0 Å². The number of likely N-dealkylation sites (tertiary alicyclic amines) is 1. The second kappa shape index (κ2) is 11.6. The number of hydrogen-bond donors (Lipinski definition) is 0. The molecule has 0 N–H and O–H groups in total. The Hall–Kier alpha value is -3.80. The van der Waals surface area contributed by atoms with Crippen molar-refractivity contribution in [2.45, 2.75) is 25.9 Å². The van der Waals surface area contributed by atoms with Crippen LogP contribution in [0.1, 0.15) is 34.3 Å². The van der Waals surface area contributed by atoms with Crippen LogP contribution in [0.2, 0.25) is 0 Å². The zero-order valence-electron chi connectivity index (χ0n) is 20.2. The molecule has 0 radical (unpaired) electrons. The fraction of sp³-hybridized carbons (Fsp3) is 0.310. The van der Waals surface area contributed by atoms with Crippen LogP contribution in [0.5, 0.6) is 17.2 Å². The minimum absolute atomic E-state index is 0.0343. The maximum absolute atomic E-state index is 13.0. The average molecular weight is 474 g/mol. The highest BCUT2D eigenvalue weighted by atomic mass is 16.5. The highest BCUT2D eigenvalue weighted by Gasteiger charge is 2.28. The third kappa shape index (κ3) is 6.41. The summed E-state index contributed by atoms with van der Waals surface area (Å²) < 4.78 is 16.4. The van der Waals surface area contributed by atoms with Gasteiger partial charge in [-0.25, -0.2) is 0 Å². The highest BCUT2D eigenvalue weighted by Crippen LogP contribution is 2.26. The number of piperidine rings is 1. The number of nitrogens with zero attached hydrogens (tertiary/aromatic N) is 1. The van der Waals surface area contributed by atoms with E-state index in [1.54, 1.807) is 37.3 Å². The Bertz CT molecular complexity index is 1110. The predicted octanol–water partition coefficient (Wildman–Crippen LogP) is 4.95. The van der Waals surface area contributed by atoms with Crippen molar-refractivity contribution in [3.63, 3.8) is 0 Å². The van der Waals surface area contributed by atoms with Crippen molar-refractivity contribution in [1.29, 1.82) is 0 Å². The maximum Gasteiger partial charge on any atom is 0.254 e. The van der Waals surface area contributed by atoms with Gasteiger partial charge in [-0.15, -0.1) is 0 Å². The van der Waals surface area contributed by atoms with Gasteiger partial charge >= 0.3 is 0 Å². The summed E-state index contributed by atoms with van der Waals surface area (Å²) in [5, 5.41) is 0. The zero-order chi connectivity index (χ0) is 24.6. The number of ketones is 1. The summed E-state index contributed by atoms with van der Waals surface area (Å²) in [5.41, 5.74) is 2.62. The summed E-state index contributed by atoms with van der Waals surface area (Å²) in [5.74, 6) is 2.06. The number of amides is 1. The van der Waals surface area contributed by atoms with Gasteiger partial charge in [-0.3, -0.25) is 9.59 Å². The van der Waals surface area contributed by atoms with Crippen LogP contribution < -0.4 is 14.2 Å². The number of hydrogen-bond acceptors (Lipinski definition) is 5. The first-order chi connectivity index (χ1) is 17.1. The number of methoxy groups -OCH3 is 2. The smallest absolute Gasteiger partial charge is 0.254 e. The van der Waals surface area contributed by atoms with E-state index in [0.29, 0.717) is 56.0 Å². The predicted molar refractivity (Wildman–Crippen MR) is 134 cm³/mol. The molecule has 0 bridgehead atoms. The molecule has 4 rings (SSSR count). The van der Waals surface area contributed by atoms with Crippen molar-refractivity contribution < 1.29 is 23.8 Å². The van der Waals surface area contributed by atoms with Crippen LogP contribution in [0.25, 0.3) is 0 Å². The molecule has 3 aromatic rings. The maximum atomic E-state index is 13.0. The summed E-state index contributed by atoms with van der Waals surface area (Å²) in [6.45, 7) is 1.63. The van der Waals surface area contributed by atoms with Crippen LogP contribution in [0.4, 0.5) is 0 Å². The molecule has 1 amide bonds. The molecule has 1 fully saturated rings. The lowest BCUT2D eigenvalue weighted by molar-refractivity contribution is -0.123. The molecule has 1 aliphatic rings. The van der Waals surface area contributed by atoms with Gasteiger partial charge in [0.05, 0.1) is 14.2 Å². The van der Waals surface area contributed by atoms with E-state index in [1.165, 1.54) is 0 Å². The Morgan fingerprint density at radius 3 is 2.03 bits per heavy atom. The number of carbonyl (C=O) groups excluding carboxylic acids is 2. The quantitative estimate of drug-likeness (QED) is 0.440. The molecule has 0 spiro atoms. The van der Waals surface area contributed by atoms with Crippen LogP contribution in [0, 0.1) is 5.92 Å². The third-order valence-electron chi connectivity index (χ3n) is 6.39. The van der Waals surface area contributed by atoms with Crippen LogP contribution in [-0.4, -0.2) is 43.9 Å². The monoisotopic (exact) mass is 473 g/mol.